The molecule has 0 aliphatic heterocycles. The van der Waals surface area contributed by atoms with Gasteiger partial charge in [0.2, 0.25) is 0 Å². The minimum Gasteiger partial charge on any atom is -0.486 e. The van der Waals surface area contributed by atoms with Crippen LogP contribution in [0.5, 0.6) is 5.06 Å². The predicted molar refractivity (Wildman–Crippen MR) is 60.2 cm³/mol. The lowest BCUT2D eigenvalue weighted by molar-refractivity contribution is -0.119. The van der Waals surface area contributed by atoms with Crippen LogP contribution >= 0.6 is 27.3 Å². The van der Waals surface area contributed by atoms with Gasteiger partial charge in [0.15, 0.2) is 5.06 Å². The number of ether oxygens (including phenoxy) is 1. The SMILES string of the molecule is COc1sc(C2(C(C)=O)CC2)cc1Br. The van der Waals surface area contributed by atoms with E-state index in [1.54, 1.807) is 25.4 Å². The van der Waals surface area contributed by atoms with Crippen LogP contribution in [0.4, 0.5) is 0 Å². The van der Waals surface area contributed by atoms with Crippen molar-refractivity contribution < 1.29 is 9.53 Å². The van der Waals surface area contributed by atoms with E-state index in [1.807, 2.05) is 6.07 Å². The van der Waals surface area contributed by atoms with Gasteiger partial charge in [0.25, 0.3) is 0 Å². The molecule has 0 saturated heterocycles. The molecule has 0 bridgehead atoms. The number of carbonyl (C=O) groups excluding carboxylic acids is 1. The molecule has 0 atom stereocenters. The lowest BCUT2D eigenvalue weighted by atomic mass is 10.0. The zero-order chi connectivity index (χ0) is 10.3. The van der Waals surface area contributed by atoms with Crippen LogP contribution in [0.1, 0.15) is 24.6 Å². The van der Waals surface area contributed by atoms with Crippen molar-refractivity contribution in [1.29, 1.82) is 0 Å². The van der Waals surface area contributed by atoms with Crippen LogP contribution in [0, 0.1) is 0 Å². The minimum absolute atomic E-state index is 0.177. The molecule has 1 aliphatic carbocycles. The van der Waals surface area contributed by atoms with Crippen molar-refractivity contribution in [2.75, 3.05) is 7.11 Å². The lowest BCUT2D eigenvalue weighted by Crippen LogP contribution is -2.14. The van der Waals surface area contributed by atoms with E-state index in [2.05, 4.69) is 15.9 Å². The summed E-state index contributed by atoms with van der Waals surface area (Å²) in [5, 5.41) is 0.854. The minimum atomic E-state index is -0.177. The van der Waals surface area contributed by atoms with Crippen LogP contribution in [0.2, 0.25) is 0 Å². The average Bonchev–Trinajstić information content (AvgIpc) is 2.86. The summed E-state index contributed by atoms with van der Waals surface area (Å²) in [6.45, 7) is 1.67. The third-order valence-corrected chi connectivity index (χ3v) is 4.89. The van der Waals surface area contributed by atoms with Gasteiger partial charge in [-0.2, -0.15) is 0 Å². The third kappa shape index (κ3) is 1.41. The number of methoxy groups -OCH3 is 1. The molecule has 4 heteroatoms. The molecule has 0 unspecified atom stereocenters. The van der Waals surface area contributed by atoms with Crippen LogP contribution in [-0.4, -0.2) is 12.9 Å². The monoisotopic (exact) mass is 274 g/mol. The first-order valence-corrected chi connectivity index (χ1v) is 6.06. The molecule has 0 radical (unpaired) electrons. The van der Waals surface area contributed by atoms with Gasteiger partial charge in [-0.1, -0.05) is 0 Å². The second-order valence-corrected chi connectivity index (χ2v) is 5.46. The summed E-state index contributed by atoms with van der Waals surface area (Å²) in [6.07, 6.45) is 1.97. The molecule has 1 aromatic heterocycles. The van der Waals surface area contributed by atoms with E-state index < -0.39 is 0 Å². The first-order chi connectivity index (χ1) is 6.60. The highest BCUT2D eigenvalue weighted by Gasteiger charge is 2.50. The third-order valence-electron chi connectivity index (χ3n) is 2.74. The summed E-state index contributed by atoms with van der Waals surface area (Å²) in [7, 11) is 1.65. The van der Waals surface area contributed by atoms with E-state index >= 15 is 0 Å². The fraction of sp³-hybridized carbons (Fsp3) is 0.500. The summed E-state index contributed by atoms with van der Waals surface area (Å²) in [6, 6.07) is 2.01. The van der Waals surface area contributed by atoms with Gasteiger partial charge >= 0.3 is 0 Å². The maximum atomic E-state index is 11.5. The fourth-order valence-electron chi connectivity index (χ4n) is 1.62. The first kappa shape index (κ1) is 10.2. The van der Waals surface area contributed by atoms with Crippen molar-refractivity contribution in [2.45, 2.75) is 25.2 Å². The van der Waals surface area contributed by atoms with E-state index in [0.29, 0.717) is 0 Å². The zero-order valence-corrected chi connectivity index (χ0v) is 10.5. The van der Waals surface area contributed by atoms with E-state index in [1.165, 1.54) is 0 Å². The van der Waals surface area contributed by atoms with Gasteiger partial charge in [0.1, 0.15) is 5.78 Å². The topological polar surface area (TPSA) is 26.3 Å². The maximum Gasteiger partial charge on any atom is 0.188 e. The molecule has 76 valence electrons. The summed E-state index contributed by atoms with van der Waals surface area (Å²) in [4.78, 5) is 12.6. The van der Waals surface area contributed by atoms with Crippen molar-refractivity contribution in [2.24, 2.45) is 0 Å². The van der Waals surface area contributed by atoms with Crippen LogP contribution in [0.3, 0.4) is 0 Å². The number of ketones is 1. The van der Waals surface area contributed by atoms with Gasteiger partial charge in [-0.05, 0) is 41.8 Å². The van der Waals surface area contributed by atoms with Crippen LogP contribution in [-0.2, 0) is 10.2 Å². The molecule has 2 rings (SSSR count). The first-order valence-electron chi connectivity index (χ1n) is 4.45. The molecule has 0 N–H and O–H groups in total. The van der Waals surface area contributed by atoms with Gasteiger partial charge in [0, 0.05) is 4.88 Å². The summed E-state index contributed by atoms with van der Waals surface area (Å²) in [5.74, 6) is 0.272. The number of Topliss-reactive ketones (excluding diaryl/α,β-unsaturated/α-hetero) is 1. The largest absolute Gasteiger partial charge is 0.486 e. The predicted octanol–water partition coefficient (Wildman–Crippen LogP) is 3.14. The zero-order valence-electron chi connectivity index (χ0n) is 8.09. The van der Waals surface area contributed by atoms with Crippen LogP contribution in [0.25, 0.3) is 0 Å². The van der Waals surface area contributed by atoms with Gasteiger partial charge in [-0.3, -0.25) is 4.79 Å². The highest BCUT2D eigenvalue weighted by Crippen LogP contribution is 2.53. The summed E-state index contributed by atoms with van der Waals surface area (Å²) >= 11 is 4.99. The van der Waals surface area contributed by atoms with Gasteiger partial charge in [-0.25, -0.2) is 0 Å². The number of hydrogen-bond acceptors (Lipinski definition) is 3. The Bertz CT molecular complexity index is 379. The van der Waals surface area contributed by atoms with E-state index in [9.17, 15) is 4.79 Å². The molecule has 1 fully saturated rings. The molecule has 0 amide bonds. The molecule has 1 saturated carbocycles. The number of hydrogen-bond donors (Lipinski definition) is 0. The molecule has 0 spiro atoms. The standard InChI is InChI=1S/C10H11BrO2S/c1-6(12)10(3-4-10)8-5-7(11)9(13-2)14-8/h5H,3-4H2,1-2H3. The Hall–Kier alpha value is -0.350. The molecule has 1 heterocycles. The Morgan fingerprint density at radius 3 is 2.64 bits per heavy atom. The van der Waals surface area contributed by atoms with Crippen LogP contribution in [0.15, 0.2) is 10.5 Å². The van der Waals surface area contributed by atoms with Crippen molar-refractivity contribution in [3.63, 3.8) is 0 Å². The number of halogens is 1. The second-order valence-electron chi connectivity index (χ2n) is 3.59. The Balaban J connectivity index is 2.38. The smallest absolute Gasteiger partial charge is 0.188 e. The average molecular weight is 275 g/mol. The Labute approximate surface area is 95.4 Å². The number of thiophene rings is 1. The molecule has 1 aromatic rings. The van der Waals surface area contributed by atoms with Crippen molar-refractivity contribution in [1.82, 2.24) is 0 Å². The van der Waals surface area contributed by atoms with Gasteiger partial charge in [0.05, 0.1) is 17.0 Å². The number of carbonyl (C=O) groups is 1. The molecular formula is C10H11BrO2S. The molecule has 14 heavy (non-hydrogen) atoms. The van der Waals surface area contributed by atoms with Crippen molar-refractivity contribution in [3.8, 4) is 5.06 Å². The Morgan fingerprint density at radius 1 is 1.64 bits per heavy atom. The highest BCUT2D eigenvalue weighted by molar-refractivity contribution is 9.10. The molecular weight excluding hydrogens is 264 g/mol. The molecule has 2 nitrogen and oxygen atoms in total. The van der Waals surface area contributed by atoms with Crippen molar-refractivity contribution in [3.05, 3.63) is 15.4 Å². The Kier molecular flexibility index (Phi) is 2.43. The quantitative estimate of drug-likeness (QED) is 0.847. The summed E-state index contributed by atoms with van der Waals surface area (Å²) in [5.41, 5.74) is -0.177. The number of rotatable bonds is 3. The highest BCUT2D eigenvalue weighted by atomic mass is 79.9. The van der Waals surface area contributed by atoms with E-state index in [0.717, 1.165) is 27.3 Å². The van der Waals surface area contributed by atoms with Gasteiger partial charge in [-0.15, -0.1) is 11.3 Å². The fourth-order valence-corrected chi connectivity index (χ4v) is 3.57. The normalized spacial score (nSPS) is 17.9. The van der Waals surface area contributed by atoms with Crippen molar-refractivity contribution >= 4 is 33.0 Å². The van der Waals surface area contributed by atoms with E-state index in [4.69, 9.17) is 4.74 Å². The Morgan fingerprint density at radius 2 is 2.29 bits per heavy atom. The summed E-state index contributed by atoms with van der Waals surface area (Å²) < 4.78 is 6.14. The van der Waals surface area contributed by atoms with E-state index in [-0.39, 0.29) is 11.2 Å². The second kappa shape index (κ2) is 3.35. The van der Waals surface area contributed by atoms with Crippen LogP contribution < -0.4 is 4.74 Å². The van der Waals surface area contributed by atoms with Gasteiger partial charge < -0.3 is 4.74 Å². The molecule has 1 aliphatic rings. The lowest BCUT2D eigenvalue weighted by Gasteiger charge is -2.06. The maximum absolute atomic E-state index is 11.5. The molecule has 0 aromatic carbocycles.